The molecule has 1 aliphatic carbocycles. The van der Waals surface area contributed by atoms with Crippen LogP contribution in [0.3, 0.4) is 0 Å². The molecule has 1 aromatic rings. The molecule has 0 radical (unpaired) electrons. The number of amides is 2. The Morgan fingerprint density at radius 3 is 2.83 bits per heavy atom. The third-order valence-corrected chi connectivity index (χ3v) is 5.73. The predicted molar refractivity (Wildman–Crippen MR) is 109 cm³/mol. The van der Waals surface area contributed by atoms with Crippen molar-refractivity contribution in [2.24, 2.45) is 16.1 Å². The van der Waals surface area contributed by atoms with E-state index in [1.807, 2.05) is 17.1 Å². The van der Waals surface area contributed by atoms with Crippen molar-refractivity contribution >= 4 is 17.5 Å². The number of hydrazine groups is 1. The minimum absolute atomic E-state index is 0.0678. The van der Waals surface area contributed by atoms with Crippen molar-refractivity contribution in [2.45, 2.75) is 39.2 Å². The summed E-state index contributed by atoms with van der Waals surface area (Å²) in [4.78, 5) is 25.8. The standard InChI is InChI=1S/C21H27N5O3/c1-3-6-13(4-2)18-17-19(24-23-18)14-7-5-8-15(16(14)20(17)27)22-21(28)25-26-9-11-29-12-10-26/h5,7-8,13,19H,3-4,6,9-12H2,1-2H3,(H2,22,25,28). The van der Waals surface area contributed by atoms with Crippen molar-refractivity contribution in [2.75, 3.05) is 31.6 Å². The van der Waals surface area contributed by atoms with Crippen LogP contribution < -0.4 is 10.7 Å². The summed E-state index contributed by atoms with van der Waals surface area (Å²) in [7, 11) is 0. The van der Waals surface area contributed by atoms with Crippen LogP contribution in [0, 0.1) is 5.92 Å². The minimum atomic E-state index is -0.363. The second-order valence-corrected chi connectivity index (χ2v) is 7.58. The monoisotopic (exact) mass is 397 g/mol. The first-order valence-corrected chi connectivity index (χ1v) is 10.4. The Hall–Kier alpha value is -2.58. The number of hydrogen-bond donors (Lipinski definition) is 2. The maximum atomic E-state index is 13.3. The number of anilines is 1. The Morgan fingerprint density at radius 1 is 1.31 bits per heavy atom. The summed E-state index contributed by atoms with van der Waals surface area (Å²) in [6.07, 6.45) is 2.94. The van der Waals surface area contributed by atoms with Crippen LogP contribution in [-0.4, -0.2) is 43.1 Å². The highest BCUT2D eigenvalue weighted by molar-refractivity contribution is 6.19. The zero-order valence-corrected chi connectivity index (χ0v) is 16.9. The number of urea groups is 1. The molecule has 4 rings (SSSR count). The van der Waals surface area contributed by atoms with E-state index >= 15 is 0 Å². The lowest BCUT2D eigenvalue weighted by Gasteiger charge is -2.27. The number of fused-ring (bicyclic) bond motifs is 3. The second kappa shape index (κ2) is 8.42. The number of carbonyl (C=O) groups is 2. The van der Waals surface area contributed by atoms with Gasteiger partial charge in [0, 0.05) is 19.0 Å². The molecular weight excluding hydrogens is 370 g/mol. The van der Waals surface area contributed by atoms with E-state index < -0.39 is 0 Å². The molecule has 0 spiro atoms. The summed E-state index contributed by atoms with van der Waals surface area (Å²) in [6, 6.07) is 4.80. The Labute approximate surface area is 170 Å². The summed E-state index contributed by atoms with van der Waals surface area (Å²) in [5.74, 6) is 0.171. The van der Waals surface area contributed by atoms with Crippen molar-refractivity contribution in [3.8, 4) is 0 Å². The molecule has 2 amide bonds. The zero-order valence-electron chi connectivity index (χ0n) is 16.9. The fourth-order valence-electron chi connectivity index (χ4n) is 4.27. The lowest BCUT2D eigenvalue weighted by Crippen LogP contribution is -2.49. The molecule has 8 nitrogen and oxygen atoms in total. The average molecular weight is 397 g/mol. The van der Waals surface area contributed by atoms with Gasteiger partial charge >= 0.3 is 6.03 Å². The van der Waals surface area contributed by atoms with E-state index in [0.717, 1.165) is 30.5 Å². The molecule has 2 atom stereocenters. The number of nitrogens with zero attached hydrogens (tertiary/aromatic N) is 3. The van der Waals surface area contributed by atoms with Crippen molar-refractivity contribution in [1.29, 1.82) is 0 Å². The average Bonchev–Trinajstić information content (AvgIpc) is 3.27. The normalized spacial score (nSPS) is 21.9. The number of Topliss-reactive ketones (excluding diaryl/α,β-unsaturated/α-hetero) is 1. The van der Waals surface area contributed by atoms with E-state index in [1.54, 1.807) is 6.07 Å². The lowest BCUT2D eigenvalue weighted by atomic mass is 9.92. The van der Waals surface area contributed by atoms with Gasteiger partial charge in [0.25, 0.3) is 0 Å². The first-order chi connectivity index (χ1) is 14.1. The lowest BCUT2D eigenvalue weighted by molar-refractivity contribution is 0.0207. The fourth-order valence-corrected chi connectivity index (χ4v) is 4.27. The summed E-state index contributed by atoms with van der Waals surface area (Å²) in [5.41, 5.74) is 6.19. The molecule has 8 heteroatoms. The van der Waals surface area contributed by atoms with Gasteiger partial charge < -0.3 is 10.1 Å². The molecule has 0 bridgehead atoms. The summed E-state index contributed by atoms with van der Waals surface area (Å²) in [5, 5.41) is 13.5. The van der Waals surface area contributed by atoms with E-state index in [2.05, 4.69) is 34.8 Å². The maximum Gasteiger partial charge on any atom is 0.333 e. The molecule has 2 aliphatic heterocycles. The first kappa shape index (κ1) is 19.7. The molecule has 3 aliphatic rings. The number of allylic oxidation sites excluding steroid dienone is 1. The molecule has 2 N–H and O–H groups in total. The number of ketones is 1. The Kier molecular flexibility index (Phi) is 5.73. The summed E-state index contributed by atoms with van der Waals surface area (Å²) in [6.45, 7) is 6.69. The van der Waals surface area contributed by atoms with E-state index in [-0.39, 0.29) is 23.8 Å². The van der Waals surface area contributed by atoms with Crippen LogP contribution in [0.5, 0.6) is 0 Å². The molecule has 154 valence electrons. The second-order valence-electron chi connectivity index (χ2n) is 7.58. The van der Waals surface area contributed by atoms with Gasteiger partial charge in [-0.2, -0.15) is 10.2 Å². The van der Waals surface area contributed by atoms with Crippen molar-refractivity contribution in [1.82, 2.24) is 10.4 Å². The van der Waals surface area contributed by atoms with Crippen LogP contribution in [0.1, 0.15) is 55.1 Å². The van der Waals surface area contributed by atoms with Crippen molar-refractivity contribution in [3.05, 3.63) is 40.6 Å². The topological polar surface area (TPSA) is 95.4 Å². The number of carbonyl (C=O) groups excluding carboxylic acids is 2. The van der Waals surface area contributed by atoms with Gasteiger partial charge in [-0.25, -0.2) is 9.80 Å². The molecule has 1 aromatic carbocycles. The molecule has 0 aromatic heterocycles. The highest BCUT2D eigenvalue weighted by Gasteiger charge is 2.43. The SMILES string of the molecule is CCCC(CC)C1=C2C(=O)c3c(NC(=O)NN4CCOCC4)cccc3C2N=N1. The van der Waals surface area contributed by atoms with E-state index in [9.17, 15) is 9.59 Å². The van der Waals surface area contributed by atoms with Gasteiger partial charge in [0.05, 0.1) is 35.7 Å². The smallest absolute Gasteiger partial charge is 0.333 e. The summed E-state index contributed by atoms with van der Waals surface area (Å²) < 4.78 is 5.29. The van der Waals surface area contributed by atoms with Crippen LogP contribution in [0.2, 0.25) is 0 Å². The van der Waals surface area contributed by atoms with Crippen LogP contribution in [0.4, 0.5) is 10.5 Å². The van der Waals surface area contributed by atoms with Crippen LogP contribution in [0.15, 0.2) is 39.7 Å². The molecule has 0 saturated carbocycles. The third-order valence-electron chi connectivity index (χ3n) is 5.73. The Bertz CT molecular complexity index is 873. The van der Waals surface area contributed by atoms with Crippen LogP contribution in [-0.2, 0) is 4.74 Å². The number of rotatable bonds is 6. The molecule has 1 saturated heterocycles. The van der Waals surface area contributed by atoms with Crippen LogP contribution >= 0.6 is 0 Å². The number of benzene rings is 1. The third kappa shape index (κ3) is 3.70. The van der Waals surface area contributed by atoms with Gasteiger partial charge in [-0.1, -0.05) is 32.4 Å². The first-order valence-electron chi connectivity index (χ1n) is 10.4. The number of ether oxygens (including phenoxy) is 1. The highest BCUT2D eigenvalue weighted by atomic mass is 16.5. The molecule has 29 heavy (non-hydrogen) atoms. The zero-order chi connectivity index (χ0) is 20.4. The van der Waals surface area contributed by atoms with E-state index in [0.29, 0.717) is 43.1 Å². The van der Waals surface area contributed by atoms with Gasteiger partial charge in [-0.15, -0.1) is 0 Å². The number of hydrogen-bond acceptors (Lipinski definition) is 6. The van der Waals surface area contributed by atoms with Crippen LogP contribution in [0.25, 0.3) is 0 Å². The molecule has 1 fully saturated rings. The Morgan fingerprint density at radius 2 is 2.10 bits per heavy atom. The van der Waals surface area contributed by atoms with E-state index in [1.165, 1.54) is 0 Å². The van der Waals surface area contributed by atoms with Crippen molar-refractivity contribution in [3.63, 3.8) is 0 Å². The van der Waals surface area contributed by atoms with Gasteiger partial charge in [-0.3, -0.25) is 10.2 Å². The largest absolute Gasteiger partial charge is 0.379 e. The number of nitrogens with one attached hydrogen (secondary N) is 2. The summed E-state index contributed by atoms with van der Waals surface area (Å²) >= 11 is 0. The predicted octanol–water partition coefficient (Wildman–Crippen LogP) is 3.84. The molecular formula is C21H27N5O3. The van der Waals surface area contributed by atoms with E-state index in [4.69, 9.17) is 4.74 Å². The number of azo groups is 1. The minimum Gasteiger partial charge on any atom is -0.379 e. The maximum absolute atomic E-state index is 13.3. The van der Waals surface area contributed by atoms with Crippen molar-refractivity contribution < 1.29 is 14.3 Å². The molecule has 2 unspecified atom stereocenters. The molecule has 2 heterocycles. The highest BCUT2D eigenvalue weighted by Crippen LogP contribution is 2.48. The van der Waals surface area contributed by atoms with Gasteiger partial charge in [0.15, 0.2) is 5.78 Å². The fraction of sp³-hybridized carbons (Fsp3) is 0.524. The van der Waals surface area contributed by atoms with Gasteiger partial charge in [0.2, 0.25) is 0 Å². The van der Waals surface area contributed by atoms with Gasteiger partial charge in [0.1, 0.15) is 6.04 Å². The van der Waals surface area contributed by atoms with Gasteiger partial charge in [-0.05, 0) is 24.5 Å². The Balaban J connectivity index is 1.58. The quantitative estimate of drug-likeness (QED) is 0.762. The number of morpholine rings is 1.